The summed E-state index contributed by atoms with van der Waals surface area (Å²) in [6, 6.07) is 0. The molecular formula is C12H24O3. The Balaban J connectivity index is 0.000000921. The van der Waals surface area contributed by atoms with Gasteiger partial charge in [0.05, 0.1) is 11.5 Å². The van der Waals surface area contributed by atoms with Crippen LogP contribution in [0.15, 0.2) is 0 Å². The van der Waals surface area contributed by atoms with E-state index in [0.717, 1.165) is 0 Å². The monoisotopic (exact) mass is 216 g/mol. The van der Waals surface area contributed by atoms with Crippen LogP contribution in [0.25, 0.3) is 0 Å². The molecule has 0 heterocycles. The highest BCUT2D eigenvalue weighted by molar-refractivity contribution is 5.71. The van der Waals surface area contributed by atoms with Gasteiger partial charge in [-0.25, -0.2) is 0 Å². The van der Waals surface area contributed by atoms with E-state index in [4.69, 9.17) is 5.11 Å². The highest BCUT2D eigenvalue weighted by Crippen LogP contribution is 2.44. The van der Waals surface area contributed by atoms with Crippen LogP contribution in [0, 0.1) is 11.3 Å². The average molecular weight is 216 g/mol. The summed E-state index contributed by atoms with van der Waals surface area (Å²) in [5, 5.41) is 18.8. The molecule has 0 aromatic rings. The Kier molecular flexibility index (Phi) is 4.78. The standard InChI is InChI=1S/C10H18O3.C2H6/c1-9(2)6-10(3,13)5-4-7(9)8(11)12;1-2/h7,13H,4-6H2,1-3H3,(H,11,12);1-2H3. The summed E-state index contributed by atoms with van der Waals surface area (Å²) < 4.78 is 0. The van der Waals surface area contributed by atoms with Crippen LogP contribution < -0.4 is 0 Å². The minimum absolute atomic E-state index is 0.298. The maximum Gasteiger partial charge on any atom is 0.307 e. The van der Waals surface area contributed by atoms with E-state index in [-0.39, 0.29) is 11.3 Å². The molecule has 3 heteroatoms. The molecule has 1 aliphatic rings. The molecule has 0 aliphatic heterocycles. The summed E-state index contributed by atoms with van der Waals surface area (Å²) in [4.78, 5) is 10.9. The van der Waals surface area contributed by atoms with Crippen LogP contribution in [-0.4, -0.2) is 21.8 Å². The van der Waals surface area contributed by atoms with E-state index in [0.29, 0.717) is 19.3 Å². The summed E-state index contributed by atoms with van der Waals surface area (Å²) in [6.45, 7) is 9.62. The topological polar surface area (TPSA) is 57.5 Å². The lowest BCUT2D eigenvalue weighted by Crippen LogP contribution is -2.44. The van der Waals surface area contributed by atoms with E-state index in [1.165, 1.54) is 0 Å². The van der Waals surface area contributed by atoms with Crippen LogP contribution in [-0.2, 0) is 4.79 Å². The van der Waals surface area contributed by atoms with Crippen molar-refractivity contribution in [2.75, 3.05) is 0 Å². The Bertz CT molecular complexity index is 219. The number of carbonyl (C=O) groups is 1. The van der Waals surface area contributed by atoms with Gasteiger partial charge in [-0.2, -0.15) is 0 Å². The first-order chi connectivity index (χ1) is 6.75. The first kappa shape index (κ1) is 14.4. The molecule has 0 spiro atoms. The Labute approximate surface area is 92.5 Å². The maximum atomic E-state index is 10.9. The lowest BCUT2D eigenvalue weighted by molar-refractivity contribution is -0.152. The van der Waals surface area contributed by atoms with Crippen molar-refractivity contribution in [3.63, 3.8) is 0 Å². The molecule has 0 aromatic carbocycles. The third kappa shape index (κ3) is 3.82. The largest absolute Gasteiger partial charge is 0.481 e. The van der Waals surface area contributed by atoms with E-state index in [1.807, 2.05) is 27.7 Å². The van der Waals surface area contributed by atoms with Crippen molar-refractivity contribution in [2.45, 2.75) is 59.5 Å². The van der Waals surface area contributed by atoms with Crippen molar-refractivity contribution in [3.05, 3.63) is 0 Å². The molecular weight excluding hydrogens is 192 g/mol. The van der Waals surface area contributed by atoms with Gasteiger partial charge >= 0.3 is 5.97 Å². The SMILES string of the molecule is CC.CC1(O)CCC(C(=O)O)C(C)(C)C1. The fraction of sp³-hybridized carbons (Fsp3) is 0.917. The van der Waals surface area contributed by atoms with Gasteiger partial charge in [0.25, 0.3) is 0 Å². The lowest BCUT2D eigenvalue weighted by Gasteiger charge is -2.43. The van der Waals surface area contributed by atoms with Crippen molar-refractivity contribution in [3.8, 4) is 0 Å². The van der Waals surface area contributed by atoms with Gasteiger partial charge in [0, 0.05) is 0 Å². The molecule has 2 atom stereocenters. The van der Waals surface area contributed by atoms with E-state index in [9.17, 15) is 9.90 Å². The number of aliphatic hydroxyl groups is 1. The van der Waals surface area contributed by atoms with E-state index >= 15 is 0 Å². The van der Waals surface area contributed by atoms with Crippen molar-refractivity contribution in [1.29, 1.82) is 0 Å². The molecule has 0 amide bonds. The van der Waals surface area contributed by atoms with E-state index < -0.39 is 11.6 Å². The van der Waals surface area contributed by atoms with Gasteiger partial charge in [-0.1, -0.05) is 27.7 Å². The summed E-state index contributed by atoms with van der Waals surface area (Å²) >= 11 is 0. The van der Waals surface area contributed by atoms with Gasteiger partial charge in [0.15, 0.2) is 0 Å². The molecule has 1 rings (SSSR count). The molecule has 0 radical (unpaired) electrons. The number of aliphatic carboxylic acids is 1. The van der Waals surface area contributed by atoms with Crippen LogP contribution in [0.1, 0.15) is 53.9 Å². The molecule has 1 saturated carbocycles. The molecule has 1 fully saturated rings. The summed E-state index contributed by atoms with van der Waals surface area (Å²) in [5.41, 5.74) is -0.983. The van der Waals surface area contributed by atoms with Crippen LogP contribution in [0.3, 0.4) is 0 Å². The predicted octanol–water partition coefficient (Wildman–Crippen LogP) is 2.67. The Hall–Kier alpha value is -0.570. The first-order valence-electron chi connectivity index (χ1n) is 5.70. The second-order valence-electron chi connectivity index (χ2n) is 5.09. The quantitative estimate of drug-likeness (QED) is 0.708. The van der Waals surface area contributed by atoms with E-state index in [2.05, 4.69) is 0 Å². The van der Waals surface area contributed by atoms with Gasteiger partial charge in [-0.05, 0) is 31.6 Å². The minimum atomic E-state index is -0.736. The normalized spacial score (nSPS) is 33.9. The third-order valence-corrected chi connectivity index (χ3v) is 3.05. The Morgan fingerprint density at radius 1 is 1.27 bits per heavy atom. The molecule has 1 aliphatic carbocycles. The number of hydrogen-bond donors (Lipinski definition) is 2. The summed E-state index contributed by atoms with van der Waals surface area (Å²) in [6.07, 6.45) is 1.74. The highest BCUT2D eigenvalue weighted by atomic mass is 16.4. The van der Waals surface area contributed by atoms with Crippen molar-refractivity contribution < 1.29 is 15.0 Å². The smallest absolute Gasteiger partial charge is 0.307 e. The highest BCUT2D eigenvalue weighted by Gasteiger charge is 2.44. The summed E-state index contributed by atoms with van der Waals surface area (Å²) in [5.74, 6) is -1.05. The molecule has 0 bridgehead atoms. The average Bonchev–Trinajstić information content (AvgIpc) is 2.02. The van der Waals surface area contributed by atoms with E-state index in [1.54, 1.807) is 6.92 Å². The molecule has 2 N–H and O–H groups in total. The van der Waals surface area contributed by atoms with Crippen LogP contribution >= 0.6 is 0 Å². The van der Waals surface area contributed by atoms with Crippen molar-refractivity contribution >= 4 is 5.97 Å². The fourth-order valence-electron chi connectivity index (χ4n) is 2.50. The zero-order valence-electron chi connectivity index (χ0n) is 10.5. The van der Waals surface area contributed by atoms with Gasteiger partial charge < -0.3 is 10.2 Å². The number of hydrogen-bond acceptors (Lipinski definition) is 2. The Morgan fingerprint density at radius 3 is 2.07 bits per heavy atom. The third-order valence-electron chi connectivity index (χ3n) is 3.05. The molecule has 15 heavy (non-hydrogen) atoms. The Morgan fingerprint density at radius 2 is 1.73 bits per heavy atom. The zero-order valence-corrected chi connectivity index (χ0v) is 10.5. The second kappa shape index (κ2) is 4.97. The molecule has 90 valence electrons. The summed E-state index contributed by atoms with van der Waals surface area (Å²) in [7, 11) is 0. The van der Waals surface area contributed by atoms with Gasteiger partial charge in [0.2, 0.25) is 0 Å². The predicted molar refractivity (Wildman–Crippen MR) is 60.7 cm³/mol. The van der Waals surface area contributed by atoms with Crippen LogP contribution in [0.5, 0.6) is 0 Å². The molecule has 3 nitrogen and oxygen atoms in total. The molecule has 0 saturated heterocycles. The maximum absolute atomic E-state index is 10.9. The van der Waals surface area contributed by atoms with Gasteiger partial charge in [0.1, 0.15) is 0 Å². The van der Waals surface area contributed by atoms with Crippen molar-refractivity contribution in [2.24, 2.45) is 11.3 Å². The number of carboxylic acids is 1. The molecule has 2 unspecified atom stereocenters. The number of carboxylic acid groups (broad SMARTS) is 1. The fourth-order valence-corrected chi connectivity index (χ4v) is 2.50. The van der Waals surface area contributed by atoms with Crippen molar-refractivity contribution in [1.82, 2.24) is 0 Å². The number of rotatable bonds is 1. The van der Waals surface area contributed by atoms with Gasteiger partial charge in [-0.3, -0.25) is 4.79 Å². The van der Waals surface area contributed by atoms with Crippen LogP contribution in [0.2, 0.25) is 0 Å². The first-order valence-corrected chi connectivity index (χ1v) is 5.70. The lowest BCUT2D eigenvalue weighted by atomic mass is 9.64. The second-order valence-corrected chi connectivity index (χ2v) is 5.09. The zero-order chi connectivity index (χ0) is 12.3. The molecule has 0 aromatic heterocycles. The van der Waals surface area contributed by atoms with Gasteiger partial charge in [-0.15, -0.1) is 0 Å². The van der Waals surface area contributed by atoms with Crippen LogP contribution in [0.4, 0.5) is 0 Å². The minimum Gasteiger partial charge on any atom is -0.481 e.